The van der Waals surface area contributed by atoms with Gasteiger partial charge in [0.05, 0.1) is 11.6 Å². The van der Waals surface area contributed by atoms with Crippen LogP contribution in [0.15, 0.2) is 46.9 Å². The summed E-state index contributed by atoms with van der Waals surface area (Å²) >= 11 is 3.51. The predicted molar refractivity (Wildman–Crippen MR) is 130 cm³/mol. The Labute approximate surface area is 199 Å². The van der Waals surface area contributed by atoms with Gasteiger partial charge in [0.1, 0.15) is 17.5 Å². The van der Waals surface area contributed by atoms with Gasteiger partial charge in [0.25, 0.3) is 5.91 Å². The van der Waals surface area contributed by atoms with Crippen molar-refractivity contribution in [3.05, 3.63) is 58.1 Å². The van der Waals surface area contributed by atoms with Crippen LogP contribution in [0, 0.1) is 0 Å². The highest BCUT2D eigenvalue weighted by molar-refractivity contribution is 9.10. The SMILES string of the molecule is CCc1ccc(OCC(=O)N(Cc2cccc(OC)c2)C(CC)C(=O)NC(C)C)c(Br)c1. The number of hydrogen-bond donors (Lipinski definition) is 1. The molecule has 2 aromatic carbocycles. The van der Waals surface area contributed by atoms with Gasteiger partial charge in [-0.05, 0) is 78.0 Å². The minimum atomic E-state index is -0.606. The number of rotatable bonds is 11. The van der Waals surface area contributed by atoms with Crippen molar-refractivity contribution >= 4 is 27.7 Å². The lowest BCUT2D eigenvalue weighted by atomic mass is 10.1. The van der Waals surface area contributed by atoms with Crippen LogP contribution in [-0.2, 0) is 22.6 Å². The molecule has 0 radical (unpaired) electrons. The van der Waals surface area contributed by atoms with Crippen molar-refractivity contribution in [2.75, 3.05) is 13.7 Å². The first kappa shape index (κ1) is 25.7. The van der Waals surface area contributed by atoms with Gasteiger partial charge in [-0.3, -0.25) is 9.59 Å². The second-order valence-electron chi connectivity index (χ2n) is 7.87. The van der Waals surface area contributed by atoms with Gasteiger partial charge in [-0.1, -0.05) is 32.0 Å². The average Bonchev–Trinajstić information content (AvgIpc) is 2.77. The third-order valence-electron chi connectivity index (χ3n) is 5.06. The molecule has 174 valence electrons. The highest BCUT2D eigenvalue weighted by Crippen LogP contribution is 2.26. The Morgan fingerprint density at radius 3 is 2.44 bits per heavy atom. The summed E-state index contributed by atoms with van der Waals surface area (Å²) in [6.45, 7) is 7.89. The maximum Gasteiger partial charge on any atom is 0.261 e. The van der Waals surface area contributed by atoms with E-state index >= 15 is 0 Å². The molecule has 1 unspecified atom stereocenters. The molecule has 32 heavy (non-hydrogen) atoms. The molecule has 2 rings (SSSR count). The minimum Gasteiger partial charge on any atom is -0.497 e. The van der Waals surface area contributed by atoms with E-state index in [1.54, 1.807) is 12.0 Å². The summed E-state index contributed by atoms with van der Waals surface area (Å²) in [5.41, 5.74) is 2.05. The number of methoxy groups -OCH3 is 1. The van der Waals surface area contributed by atoms with Crippen LogP contribution >= 0.6 is 15.9 Å². The van der Waals surface area contributed by atoms with E-state index in [0.29, 0.717) is 17.9 Å². The van der Waals surface area contributed by atoms with E-state index in [1.807, 2.05) is 63.2 Å². The van der Waals surface area contributed by atoms with Gasteiger partial charge in [0.2, 0.25) is 5.91 Å². The number of carbonyl (C=O) groups is 2. The first-order valence-electron chi connectivity index (χ1n) is 10.9. The number of halogens is 1. The van der Waals surface area contributed by atoms with Crippen LogP contribution in [0.1, 0.15) is 45.2 Å². The summed E-state index contributed by atoms with van der Waals surface area (Å²) < 4.78 is 11.9. The fourth-order valence-corrected chi connectivity index (χ4v) is 3.91. The Morgan fingerprint density at radius 1 is 1.09 bits per heavy atom. The van der Waals surface area contributed by atoms with Gasteiger partial charge in [-0.25, -0.2) is 0 Å². The fourth-order valence-electron chi connectivity index (χ4n) is 3.37. The number of hydrogen-bond acceptors (Lipinski definition) is 4. The maximum absolute atomic E-state index is 13.3. The van der Waals surface area contributed by atoms with Gasteiger partial charge in [0, 0.05) is 12.6 Å². The Morgan fingerprint density at radius 2 is 1.84 bits per heavy atom. The summed E-state index contributed by atoms with van der Waals surface area (Å²) in [5, 5.41) is 2.93. The summed E-state index contributed by atoms with van der Waals surface area (Å²) in [4.78, 5) is 27.7. The standard InChI is InChI=1S/C25H33BrN2O4/c1-6-18-11-12-23(21(26)14-18)32-16-24(29)28(22(7-2)25(30)27-17(3)4)15-19-9-8-10-20(13-19)31-5/h8-14,17,22H,6-7,15-16H2,1-5H3,(H,27,30). The van der Waals surface area contributed by atoms with E-state index in [0.717, 1.165) is 16.5 Å². The second-order valence-corrected chi connectivity index (χ2v) is 8.72. The topological polar surface area (TPSA) is 67.9 Å². The minimum absolute atomic E-state index is 0.0189. The van der Waals surface area contributed by atoms with Crippen molar-refractivity contribution in [3.63, 3.8) is 0 Å². The van der Waals surface area contributed by atoms with Crippen molar-refractivity contribution in [2.45, 2.75) is 59.2 Å². The number of amides is 2. The summed E-state index contributed by atoms with van der Waals surface area (Å²) in [5.74, 6) is 0.861. The van der Waals surface area contributed by atoms with Crippen LogP contribution in [0.3, 0.4) is 0 Å². The Hall–Kier alpha value is -2.54. The molecule has 2 amide bonds. The molecule has 0 aromatic heterocycles. The van der Waals surface area contributed by atoms with Crippen LogP contribution in [-0.4, -0.2) is 42.5 Å². The van der Waals surface area contributed by atoms with E-state index in [2.05, 4.69) is 28.2 Å². The molecular weight excluding hydrogens is 472 g/mol. The molecule has 0 fully saturated rings. The van der Waals surface area contributed by atoms with Gasteiger partial charge >= 0.3 is 0 Å². The van der Waals surface area contributed by atoms with Crippen LogP contribution in [0.4, 0.5) is 0 Å². The molecule has 0 bridgehead atoms. The highest BCUT2D eigenvalue weighted by Gasteiger charge is 2.29. The molecule has 0 heterocycles. The van der Waals surface area contributed by atoms with Crippen LogP contribution in [0.5, 0.6) is 11.5 Å². The number of nitrogens with zero attached hydrogens (tertiary/aromatic N) is 1. The fraction of sp³-hybridized carbons (Fsp3) is 0.440. The van der Waals surface area contributed by atoms with Gasteiger partial charge in [0.15, 0.2) is 6.61 Å². The normalized spacial score (nSPS) is 11.7. The maximum atomic E-state index is 13.3. The van der Waals surface area contributed by atoms with E-state index in [1.165, 1.54) is 5.56 Å². The third kappa shape index (κ3) is 7.26. The largest absolute Gasteiger partial charge is 0.497 e. The van der Waals surface area contributed by atoms with Gasteiger partial charge in [-0.2, -0.15) is 0 Å². The smallest absolute Gasteiger partial charge is 0.261 e. The third-order valence-corrected chi connectivity index (χ3v) is 5.68. The molecule has 1 atom stereocenters. The monoisotopic (exact) mass is 504 g/mol. The number of aryl methyl sites for hydroxylation is 1. The lowest BCUT2D eigenvalue weighted by molar-refractivity contribution is -0.143. The van der Waals surface area contributed by atoms with Crippen LogP contribution in [0.2, 0.25) is 0 Å². The quantitative estimate of drug-likeness (QED) is 0.480. The van der Waals surface area contributed by atoms with E-state index in [4.69, 9.17) is 9.47 Å². The Kier molecular flexibility index (Phi) is 10.0. The Bertz CT molecular complexity index is 917. The molecule has 0 aliphatic rings. The molecule has 0 aliphatic heterocycles. The van der Waals surface area contributed by atoms with Crippen molar-refractivity contribution in [1.82, 2.24) is 10.2 Å². The number of ether oxygens (including phenoxy) is 2. The Balaban J connectivity index is 2.25. The molecule has 0 saturated heterocycles. The number of carbonyl (C=O) groups excluding carboxylic acids is 2. The van der Waals surface area contributed by atoms with Crippen molar-refractivity contribution in [2.24, 2.45) is 0 Å². The van der Waals surface area contributed by atoms with E-state index in [9.17, 15) is 9.59 Å². The summed E-state index contributed by atoms with van der Waals surface area (Å²) in [6.07, 6.45) is 1.40. The molecule has 0 saturated carbocycles. The molecular formula is C25H33BrN2O4. The predicted octanol–water partition coefficient (Wildman–Crippen LogP) is 4.73. The first-order valence-corrected chi connectivity index (χ1v) is 11.7. The highest BCUT2D eigenvalue weighted by atomic mass is 79.9. The number of nitrogens with one attached hydrogen (secondary N) is 1. The van der Waals surface area contributed by atoms with Gasteiger partial charge < -0.3 is 19.7 Å². The molecule has 1 N–H and O–H groups in total. The summed E-state index contributed by atoms with van der Waals surface area (Å²) in [6, 6.07) is 12.7. The van der Waals surface area contributed by atoms with Crippen LogP contribution in [0.25, 0.3) is 0 Å². The number of benzene rings is 2. The van der Waals surface area contributed by atoms with Crippen molar-refractivity contribution < 1.29 is 19.1 Å². The molecule has 2 aromatic rings. The lowest BCUT2D eigenvalue weighted by Gasteiger charge is -2.31. The zero-order chi connectivity index (χ0) is 23.7. The van der Waals surface area contributed by atoms with Crippen molar-refractivity contribution in [3.8, 4) is 11.5 Å². The van der Waals surface area contributed by atoms with Crippen LogP contribution < -0.4 is 14.8 Å². The summed E-state index contributed by atoms with van der Waals surface area (Å²) in [7, 11) is 1.60. The molecule has 0 aliphatic carbocycles. The average molecular weight is 505 g/mol. The van der Waals surface area contributed by atoms with Gasteiger partial charge in [-0.15, -0.1) is 0 Å². The molecule has 0 spiro atoms. The zero-order valence-electron chi connectivity index (χ0n) is 19.5. The molecule has 6 nitrogen and oxygen atoms in total. The zero-order valence-corrected chi connectivity index (χ0v) is 21.1. The second kappa shape index (κ2) is 12.5. The van der Waals surface area contributed by atoms with E-state index in [-0.39, 0.29) is 31.0 Å². The van der Waals surface area contributed by atoms with E-state index < -0.39 is 6.04 Å². The lowest BCUT2D eigenvalue weighted by Crippen LogP contribution is -2.51. The first-order chi connectivity index (χ1) is 15.3. The molecule has 7 heteroatoms. The van der Waals surface area contributed by atoms with Crippen molar-refractivity contribution in [1.29, 1.82) is 0 Å².